The van der Waals surface area contributed by atoms with E-state index in [4.69, 9.17) is 15.9 Å². The van der Waals surface area contributed by atoms with Crippen molar-refractivity contribution in [3.63, 3.8) is 0 Å². The number of carbonyl (C=O) groups is 2. The minimum Gasteiger partial charge on any atom is -0.480 e. The third-order valence-electron chi connectivity index (χ3n) is 2.18. The fourth-order valence-electron chi connectivity index (χ4n) is 1.38. The Morgan fingerprint density at radius 3 is 2.24 bits per heavy atom. The van der Waals surface area contributed by atoms with Crippen molar-refractivity contribution in [2.24, 2.45) is 5.73 Å². The number of para-hydroxylation sites is 2. The van der Waals surface area contributed by atoms with E-state index in [0.29, 0.717) is 6.54 Å². The molecule has 21 heavy (non-hydrogen) atoms. The van der Waals surface area contributed by atoms with Gasteiger partial charge in [-0.05, 0) is 12.1 Å². The van der Waals surface area contributed by atoms with Gasteiger partial charge in [-0.15, -0.1) is 0 Å². The minimum atomic E-state index is -1.06. The maximum Gasteiger partial charge on any atom is 2.00 e. The van der Waals surface area contributed by atoms with Gasteiger partial charge in [-0.25, -0.2) is 4.98 Å². The molecule has 1 aromatic heterocycles. The van der Waals surface area contributed by atoms with Gasteiger partial charge in [0, 0.05) is 0 Å². The molecular formula is C12H16CuN4O4+2. The molecule has 0 saturated heterocycles. The Labute approximate surface area is 131 Å². The topological polar surface area (TPSA) is 141 Å². The number of hydrogen-bond acceptors (Lipinski definition) is 5. The van der Waals surface area contributed by atoms with Crippen LogP contribution in [0.5, 0.6) is 0 Å². The number of imidazole rings is 1. The van der Waals surface area contributed by atoms with E-state index in [1.807, 2.05) is 24.3 Å². The summed E-state index contributed by atoms with van der Waals surface area (Å²) in [4.78, 5) is 26.8. The number of nitrogens with two attached hydrogens (primary N) is 1. The van der Waals surface area contributed by atoms with Gasteiger partial charge in [0.1, 0.15) is 5.82 Å². The molecule has 0 bridgehead atoms. The second-order valence-electron chi connectivity index (χ2n) is 3.80. The fraction of sp³-hybridized carbons (Fsp3) is 0.250. The minimum absolute atomic E-state index is 0. The summed E-state index contributed by atoms with van der Waals surface area (Å²) in [6.07, 6.45) is 0. The Morgan fingerprint density at radius 2 is 1.76 bits per heavy atom. The second kappa shape index (κ2) is 9.89. The van der Waals surface area contributed by atoms with Crippen LogP contribution in [0.15, 0.2) is 24.3 Å². The average Bonchev–Trinajstić information content (AvgIpc) is 2.81. The number of nitrogens with zero attached hydrogens (tertiary/aromatic N) is 1. The fourth-order valence-corrected chi connectivity index (χ4v) is 1.38. The predicted molar refractivity (Wildman–Crippen MR) is 72.1 cm³/mol. The second-order valence-corrected chi connectivity index (χ2v) is 3.80. The Balaban J connectivity index is 0.000000373. The number of aromatic amines is 1. The van der Waals surface area contributed by atoms with Gasteiger partial charge in [-0.2, -0.15) is 0 Å². The van der Waals surface area contributed by atoms with Crippen LogP contribution in [0.3, 0.4) is 0 Å². The molecule has 0 aliphatic rings. The number of benzene rings is 1. The molecule has 0 fully saturated rings. The molecule has 8 nitrogen and oxygen atoms in total. The molecule has 0 amide bonds. The van der Waals surface area contributed by atoms with Crippen molar-refractivity contribution in [3.05, 3.63) is 30.1 Å². The molecule has 2 aromatic rings. The number of rotatable bonds is 5. The number of carboxylic acid groups (broad SMARTS) is 2. The number of nitrogens with one attached hydrogen (secondary N) is 2. The maximum absolute atomic E-state index is 9.73. The summed E-state index contributed by atoms with van der Waals surface area (Å²) in [5.41, 5.74) is 7.45. The number of aliphatic carboxylic acids is 2. The zero-order valence-corrected chi connectivity index (χ0v) is 11.9. The average molecular weight is 344 g/mol. The smallest absolute Gasteiger partial charge is 0.480 e. The standard InChI is InChI=1S/C8H9N3.C4H7NO4.Cu/c9-5-8-10-6-3-1-2-4-7(6)11-8;6-3(7)1-5-2-4(8)9;/h1-4H,5,9H2,(H,10,11);5H,1-2H2,(H,6,7)(H,8,9);/q;;+2. The Hall–Kier alpha value is -1.93. The van der Waals surface area contributed by atoms with E-state index in [1.165, 1.54) is 0 Å². The van der Waals surface area contributed by atoms with Crippen LogP contribution in [-0.4, -0.2) is 45.2 Å². The Morgan fingerprint density at radius 1 is 1.19 bits per heavy atom. The first-order valence-corrected chi connectivity index (χ1v) is 5.81. The summed E-state index contributed by atoms with van der Waals surface area (Å²) in [6, 6.07) is 7.89. The third kappa shape index (κ3) is 7.42. The number of aromatic nitrogens is 2. The van der Waals surface area contributed by atoms with Gasteiger partial charge >= 0.3 is 29.0 Å². The van der Waals surface area contributed by atoms with Crippen LogP contribution in [0.2, 0.25) is 0 Å². The van der Waals surface area contributed by atoms with E-state index in [9.17, 15) is 9.59 Å². The van der Waals surface area contributed by atoms with Crippen LogP contribution < -0.4 is 11.1 Å². The van der Waals surface area contributed by atoms with Crippen LogP contribution in [0.4, 0.5) is 0 Å². The molecule has 117 valence electrons. The van der Waals surface area contributed by atoms with Gasteiger partial charge in [0.25, 0.3) is 0 Å². The molecule has 0 spiro atoms. The molecule has 0 aliphatic carbocycles. The van der Waals surface area contributed by atoms with Crippen molar-refractivity contribution < 1.29 is 36.9 Å². The monoisotopic (exact) mass is 343 g/mol. The summed E-state index contributed by atoms with van der Waals surface area (Å²) in [5.74, 6) is -1.28. The van der Waals surface area contributed by atoms with Crippen molar-refractivity contribution in [2.45, 2.75) is 6.54 Å². The van der Waals surface area contributed by atoms with Gasteiger partial charge in [-0.1, -0.05) is 12.1 Å². The summed E-state index contributed by atoms with van der Waals surface area (Å²) >= 11 is 0. The van der Waals surface area contributed by atoms with Crippen LogP contribution in [0, 0.1) is 0 Å². The normalized spacial score (nSPS) is 9.38. The Kier molecular flexibility index (Phi) is 8.98. The van der Waals surface area contributed by atoms with Crippen molar-refractivity contribution in [3.8, 4) is 0 Å². The largest absolute Gasteiger partial charge is 2.00 e. The van der Waals surface area contributed by atoms with E-state index >= 15 is 0 Å². The van der Waals surface area contributed by atoms with Gasteiger partial charge < -0.3 is 20.9 Å². The van der Waals surface area contributed by atoms with Gasteiger partial charge in [0.15, 0.2) is 0 Å². The van der Waals surface area contributed by atoms with Crippen molar-refractivity contribution in [2.75, 3.05) is 13.1 Å². The van der Waals surface area contributed by atoms with Crippen molar-refractivity contribution in [1.82, 2.24) is 15.3 Å². The van der Waals surface area contributed by atoms with E-state index in [1.54, 1.807) is 0 Å². The van der Waals surface area contributed by atoms with Gasteiger partial charge in [0.2, 0.25) is 0 Å². The number of H-pyrrole nitrogens is 1. The molecule has 1 heterocycles. The van der Waals surface area contributed by atoms with E-state index < -0.39 is 11.9 Å². The predicted octanol–water partition coefficient (Wildman–Crippen LogP) is -0.236. The number of hydrogen-bond donors (Lipinski definition) is 5. The van der Waals surface area contributed by atoms with Crippen LogP contribution >= 0.6 is 0 Å². The molecule has 2 rings (SSSR count). The summed E-state index contributed by atoms with van der Waals surface area (Å²) in [5, 5.41) is 18.1. The molecule has 0 aliphatic heterocycles. The zero-order chi connectivity index (χ0) is 15.0. The first-order chi connectivity index (χ1) is 9.52. The zero-order valence-electron chi connectivity index (χ0n) is 11.0. The van der Waals surface area contributed by atoms with E-state index in [-0.39, 0.29) is 30.2 Å². The summed E-state index contributed by atoms with van der Waals surface area (Å²) < 4.78 is 0. The first-order valence-electron chi connectivity index (χ1n) is 5.81. The molecule has 0 atom stereocenters. The van der Waals surface area contributed by atoms with Gasteiger partial charge in [-0.3, -0.25) is 14.9 Å². The molecule has 6 N–H and O–H groups in total. The molecule has 9 heteroatoms. The summed E-state index contributed by atoms with van der Waals surface area (Å²) in [7, 11) is 0. The van der Waals surface area contributed by atoms with Crippen LogP contribution in [0.25, 0.3) is 11.0 Å². The molecular weight excluding hydrogens is 328 g/mol. The molecule has 0 saturated carbocycles. The maximum atomic E-state index is 9.73. The number of carboxylic acids is 2. The molecule has 0 unspecified atom stereocenters. The van der Waals surface area contributed by atoms with E-state index in [0.717, 1.165) is 16.9 Å². The SMILES string of the molecule is NCc1nc2ccccc2[nH]1.O=C(O)CNCC(=O)O.[Cu+2]. The molecule has 1 aromatic carbocycles. The van der Waals surface area contributed by atoms with Gasteiger partial charge in [0.05, 0.1) is 30.7 Å². The first kappa shape index (κ1) is 19.1. The molecule has 1 radical (unpaired) electrons. The van der Waals surface area contributed by atoms with Crippen LogP contribution in [-0.2, 0) is 33.2 Å². The third-order valence-corrected chi connectivity index (χ3v) is 2.18. The Bertz CT molecular complexity index is 540. The van der Waals surface area contributed by atoms with E-state index in [2.05, 4.69) is 15.3 Å². The van der Waals surface area contributed by atoms with Crippen molar-refractivity contribution >= 4 is 23.0 Å². The van der Waals surface area contributed by atoms with Crippen molar-refractivity contribution in [1.29, 1.82) is 0 Å². The quantitative estimate of drug-likeness (QED) is 0.472. The number of fused-ring (bicyclic) bond motifs is 1. The van der Waals surface area contributed by atoms with Crippen LogP contribution in [0.1, 0.15) is 5.82 Å². The summed E-state index contributed by atoms with van der Waals surface area (Å²) in [6.45, 7) is -0.159.